The first-order valence-corrected chi connectivity index (χ1v) is 7.55. The van der Waals surface area contributed by atoms with Gasteiger partial charge < -0.3 is 9.47 Å². The first kappa shape index (κ1) is 16.0. The maximum Gasteiger partial charge on any atom is 0.305 e. The van der Waals surface area contributed by atoms with Crippen molar-refractivity contribution in [1.29, 1.82) is 0 Å². The minimum Gasteiger partial charge on any atom is -0.487 e. The monoisotopic (exact) mass is 299 g/mol. The van der Waals surface area contributed by atoms with Crippen molar-refractivity contribution >= 4 is 5.97 Å². The van der Waals surface area contributed by atoms with Crippen molar-refractivity contribution < 1.29 is 14.3 Å². The molecule has 0 spiro atoms. The minimum atomic E-state index is -0.148. The number of hydrogen-bond acceptors (Lipinski definition) is 4. The second-order valence-electron chi connectivity index (χ2n) is 4.92. The van der Waals surface area contributed by atoms with Crippen LogP contribution >= 0.6 is 0 Å². The molecule has 116 valence electrons. The van der Waals surface area contributed by atoms with Crippen LogP contribution in [0.4, 0.5) is 0 Å². The third kappa shape index (κ3) is 5.56. The van der Waals surface area contributed by atoms with E-state index in [4.69, 9.17) is 9.47 Å². The molecule has 4 nitrogen and oxygen atoms in total. The zero-order chi connectivity index (χ0) is 15.6. The lowest BCUT2D eigenvalue weighted by molar-refractivity contribution is -0.143. The van der Waals surface area contributed by atoms with Gasteiger partial charge >= 0.3 is 5.97 Å². The van der Waals surface area contributed by atoms with Crippen LogP contribution in [0.1, 0.15) is 31.0 Å². The molecule has 22 heavy (non-hydrogen) atoms. The highest BCUT2D eigenvalue weighted by Gasteiger charge is 2.03. The number of carbonyl (C=O) groups is 1. The molecule has 0 unspecified atom stereocenters. The fraction of sp³-hybridized carbons (Fsp3) is 0.333. The summed E-state index contributed by atoms with van der Waals surface area (Å²) in [6.45, 7) is 2.78. The fourth-order valence-electron chi connectivity index (χ4n) is 2.03. The Labute approximate surface area is 131 Å². The van der Waals surface area contributed by atoms with Gasteiger partial charge in [0, 0.05) is 12.1 Å². The second-order valence-corrected chi connectivity index (χ2v) is 4.92. The highest BCUT2D eigenvalue weighted by Crippen LogP contribution is 2.13. The second kappa shape index (κ2) is 8.82. The molecule has 1 heterocycles. The lowest BCUT2D eigenvalue weighted by Gasteiger charge is -2.07. The topological polar surface area (TPSA) is 48.4 Å². The molecule has 1 aromatic carbocycles. The maximum atomic E-state index is 11.2. The fourth-order valence-corrected chi connectivity index (χ4v) is 2.03. The van der Waals surface area contributed by atoms with E-state index in [0.717, 1.165) is 29.8 Å². The summed E-state index contributed by atoms with van der Waals surface area (Å²) in [4.78, 5) is 15.6. The molecule has 2 aromatic rings. The van der Waals surface area contributed by atoms with Gasteiger partial charge in [0.15, 0.2) is 0 Å². The smallest absolute Gasteiger partial charge is 0.305 e. The first-order valence-electron chi connectivity index (χ1n) is 7.55. The van der Waals surface area contributed by atoms with Crippen LogP contribution in [0.3, 0.4) is 0 Å². The van der Waals surface area contributed by atoms with E-state index in [1.165, 1.54) is 0 Å². The Bertz CT molecular complexity index is 567. The van der Waals surface area contributed by atoms with Crippen LogP contribution in [0, 0.1) is 0 Å². The average molecular weight is 299 g/mol. The highest BCUT2D eigenvalue weighted by molar-refractivity contribution is 5.69. The van der Waals surface area contributed by atoms with Gasteiger partial charge in [-0.15, -0.1) is 0 Å². The number of esters is 1. The summed E-state index contributed by atoms with van der Waals surface area (Å²) in [5, 5.41) is 0. The Hall–Kier alpha value is -2.36. The summed E-state index contributed by atoms with van der Waals surface area (Å²) in [5.41, 5.74) is 2.08. The number of aromatic nitrogens is 1. The third-order valence-electron chi connectivity index (χ3n) is 3.17. The largest absolute Gasteiger partial charge is 0.487 e. The van der Waals surface area contributed by atoms with Gasteiger partial charge in [0.25, 0.3) is 0 Å². The molecule has 0 fully saturated rings. The van der Waals surface area contributed by atoms with Crippen molar-refractivity contribution in [1.82, 2.24) is 4.98 Å². The van der Waals surface area contributed by atoms with E-state index < -0.39 is 0 Å². The molecule has 0 amide bonds. The summed E-state index contributed by atoms with van der Waals surface area (Å²) in [6.07, 6.45) is 3.66. The Kier molecular flexibility index (Phi) is 6.42. The molecule has 0 aliphatic rings. The van der Waals surface area contributed by atoms with Gasteiger partial charge in [-0.25, -0.2) is 0 Å². The summed E-state index contributed by atoms with van der Waals surface area (Å²) < 4.78 is 10.6. The zero-order valence-electron chi connectivity index (χ0n) is 12.8. The summed E-state index contributed by atoms with van der Waals surface area (Å²) in [6, 6.07) is 13.9. The van der Waals surface area contributed by atoms with Crippen molar-refractivity contribution in [2.45, 2.75) is 32.8 Å². The van der Waals surface area contributed by atoms with Crippen LogP contribution < -0.4 is 4.74 Å². The number of aryl methyl sites for hydroxylation is 1. The Morgan fingerprint density at radius 3 is 2.64 bits per heavy atom. The van der Waals surface area contributed by atoms with E-state index in [-0.39, 0.29) is 5.97 Å². The number of ether oxygens (including phenoxy) is 2. The van der Waals surface area contributed by atoms with Crippen LogP contribution in [-0.4, -0.2) is 17.6 Å². The molecule has 0 radical (unpaired) electrons. The normalized spacial score (nSPS) is 10.2. The van der Waals surface area contributed by atoms with Gasteiger partial charge in [-0.1, -0.05) is 30.3 Å². The van der Waals surface area contributed by atoms with Gasteiger partial charge in [-0.2, -0.15) is 0 Å². The number of hydrogen-bond donors (Lipinski definition) is 0. The van der Waals surface area contributed by atoms with Crippen LogP contribution in [0.15, 0.2) is 48.7 Å². The van der Waals surface area contributed by atoms with E-state index in [1.807, 2.05) is 49.4 Å². The number of rotatable bonds is 8. The summed E-state index contributed by atoms with van der Waals surface area (Å²) in [7, 11) is 0. The van der Waals surface area contributed by atoms with Crippen LogP contribution in [0.5, 0.6) is 5.75 Å². The van der Waals surface area contributed by atoms with E-state index in [1.54, 1.807) is 6.20 Å². The summed E-state index contributed by atoms with van der Waals surface area (Å²) >= 11 is 0. The Morgan fingerprint density at radius 2 is 1.95 bits per heavy atom. The number of pyridine rings is 1. The minimum absolute atomic E-state index is 0.148. The molecule has 0 aliphatic carbocycles. The molecule has 4 heteroatoms. The number of nitrogens with zero attached hydrogens (tertiary/aromatic N) is 1. The van der Waals surface area contributed by atoms with Crippen molar-refractivity contribution in [2.75, 3.05) is 6.61 Å². The van der Waals surface area contributed by atoms with Gasteiger partial charge in [0.1, 0.15) is 12.4 Å². The summed E-state index contributed by atoms with van der Waals surface area (Å²) in [5.74, 6) is 0.600. The third-order valence-corrected chi connectivity index (χ3v) is 3.17. The molecular formula is C18H21NO3. The molecule has 2 rings (SSSR count). The van der Waals surface area contributed by atoms with Crippen molar-refractivity contribution in [2.24, 2.45) is 0 Å². The van der Waals surface area contributed by atoms with Gasteiger partial charge in [0.05, 0.1) is 12.8 Å². The molecule has 0 N–H and O–H groups in total. The Morgan fingerprint density at radius 1 is 1.14 bits per heavy atom. The van der Waals surface area contributed by atoms with Crippen molar-refractivity contribution in [3.63, 3.8) is 0 Å². The first-order chi connectivity index (χ1) is 10.8. The zero-order valence-corrected chi connectivity index (χ0v) is 12.8. The van der Waals surface area contributed by atoms with Gasteiger partial charge in [-0.05, 0) is 37.5 Å². The van der Waals surface area contributed by atoms with E-state index >= 15 is 0 Å². The SMILES string of the molecule is CCOC(=O)CCCc1ccc(OCc2ccccc2)cn1. The molecule has 0 saturated heterocycles. The highest BCUT2D eigenvalue weighted by atomic mass is 16.5. The van der Waals surface area contributed by atoms with E-state index in [0.29, 0.717) is 19.6 Å². The van der Waals surface area contributed by atoms with Gasteiger partial charge in [-0.3, -0.25) is 9.78 Å². The lowest BCUT2D eigenvalue weighted by atomic mass is 10.2. The standard InChI is InChI=1S/C18H21NO3/c1-2-21-18(20)10-6-9-16-11-12-17(13-19-16)22-14-15-7-4-3-5-8-15/h3-5,7-8,11-13H,2,6,9-10,14H2,1H3. The van der Waals surface area contributed by atoms with E-state index in [2.05, 4.69) is 4.98 Å². The number of carbonyl (C=O) groups excluding carboxylic acids is 1. The van der Waals surface area contributed by atoms with Crippen molar-refractivity contribution in [3.05, 3.63) is 59.9 Å². The number of benzene rings is 1. The molecule has 0 bridgehead atoms. The van der Waals surface area contributed by atoms with Crippen LogP contribution in [0.2, 0.25) is 0 Å². The van der Waals surface area contributed by atoms with Crippen molar-refractivity contribution in [3.8, 4) is 5.75 Å². The molecule has 0 aliphatic heterocycles. The lowest BCUT2D eigenvalue weighted by Crippen LogP contribution is -2.04. The molecule has 0 saturated carbocycles. The maximum absolute atomic E-state index is 11.2. The quantitative estimate of drug-likeness (QED) is 0.699. The molecule has 0 atom stereocenters. The van der Waals surface area contributed by atoms with Gasteiger partial charge in [0.2, 0.25) is 0 Å². The van der Waals surface area contributed by atoms with Crippen LogP contribution in [0.25, 0.3) is 0 Å². The van der Waals surface area contributed by atoms with Crippen LogP contribution in [-0.2, 0) is 22.6 Å². The Balaban J connectivity index is 1.74. The predicted octanol–water partition coefficient (Wildman–Crippen LogP) is 3.55. The van der Waals surface area contributed by atoms with E-state index in [9.17, 15) is 4.79 Å². The average Bonchev–Trinajstić information content (AvgIpc) is 2.55. The molecule has 1 aromatic heterocycles. The molecular weight excluding hydrogens is 278 g/mol. The predicted molar refractivity (Wildman–Crippen MR) is 84.6 cm³/mol.